The van der Waals surface area contributed by atoms with Crippen LogP contribution in [0.4, 0.5) is 5.69 Å². The van der Waals surface area contributed by atoms with Crippen LogP contribution in [0, 0.1) is 5.92 Å². The summed E-state index contributed by atoms with van der Waals surface area (Å²) in [5.41, 5.74) is 1.69. The van der Waals surface area contributed by atoms with Crippen LogP contribution in [0.15, 0.2) is 48.5 Å². The Balaban J connectivity index is 1.59. The Hall–Kier alpha value is -3.02. The maximum atomic E-state index is 12.7. The molecule has 6 nitrogen and oxygen atoms in total. The highest BCUT2D eigenvalue weighted by atomic mass is 16.5. The quantitative estimate of drug-likeness (QED) is 0.762. The van der Waals surface area contributed by atoms with Crippen LogP contribution in [0.3, 0.4) is 0 Å². The molecule has 0 aromatic heterocycles. The molecule has 2 amide bonds. The summed E-state index contributed by atoms with van der Waals surface area (Å²) < 4.78 is 10.9. The Labute approximate surface area is 165 Å². The van der Waals surface area contributed by atoms with Crippen molar-refractivity contribution in [2.75, 3.05) is 32.1 Å². The van der Waals surface area contributed by atoms with Gasteiger partial charge in [-0.25, -0.2) is 0 Å². The highest BCUT2D eigenvalue weighted by Gasteiger charge is 2.34. The van der Waals surface area contributed by atoms with Gasteiger partial charge in [0.2, 0.25) is 11.8 Å². The summed E-state index contributed by atoms with van der Waals surface area (Å²) in [5, 5.41) is 2.91. The maximum Gasteiger partial charge on any atom is 0.229 e. The molecule has 148 valence electrons. The second kappa shape index (κ2) is 9.26. The lowest BCUT2D eigenvalue weighted by Crippen LogP contribution is -2.30. The molecule has 0 aliphatic carbocycles. The Kier molecular flexibility index (Phi) is 6.53. The zero-order chi connectivity index (χ0) is 19.9. The lowest BCUT2D eigenvalue weighted by Gasteiger charge is -2.18. The van der Waals surface area contributed by atoms with Gasteiger partial charge in [-0.3, -0.25) is 9.59 Å². The van der Waals surface area contributed by atoms with Crippen molar-refractivity contribution in [3.8, 4) is 11.5 Å². The molecule has 28 heavy (non-hydrogen) atoms. The third-order valence-electron chi connectivity index (χ3n) is 4.87. The van der Waals surface area contributed by atoms with Gasteiger partial charge in [0.1, 0.15) is 11.5 Å². The summed E-state index contributed by atoms with van der Waals surface area (Å²) in [6, 6.07) is 15.1. The smallest absolute Gasteiger partial charge is 0.229 e. The van der Waals surface area contributed by atoms with E-state index in [1.54, 1.807) is 18.1 Å². The van der Waals surface area contributed by atoms with Crippen molar-refractivity contribution in [3.05, 3.63) is 54.1 Å². The molecule has 2 aromatic carbocycles. The number of benzene rings is 2. The second-order valence-electron chi connectivity index (χ2n) is 6.72. The number of nitrogens with zero attached hydrogens (tertiary/aromatic N) is 1. The molecule has 0 saturated carbocycles. The molecular weight excluding hydrogens is 356 g/mol. The van der Waals surface area contributed by atoms with Crippen molar-refractivity contribution in [1.82, 2.24) is 4.90 Å². The predicted molar refractivity (Wildman–Crippen MR) is 108 cm³/mol. The number of carbonyl (C=O) groups is 2. The molecule has 0 spiro atoms. The zero-order valence-corrected chi connectivity index (χ0v) is 16.3. The maximum absolute atomic E-state index is 12.7. The molecule has 1 aliphatic rings. The minimum atomic E-state index is -0.361. The lowest BCUT2D eigenvalue weighted by atomic mass is 10.1. The Bertz CT molecular complexity index is 837. The number of amides is 2. The topological polar surface area (TPSA) is 67.9 Å². The molecule has 0 bridgehead atoms. The Morgan fingerprint density at radius 3 is 2.61 bits per heavy atom. The minimum Gasteiger partial charge on any atom is -0.496 e. The molecule has 1 aliphatic heterocycles. The number of ether oxygens (including phenoxy) is 2. The van der Waals surface area contributed by atoms with Crippen molar-refractivity contribution in [3.63, 3.8) is 0 Å². The average Bonchev–Trinajstić information content (AvgIpc) is 3.09. The van der Waals surface area contributed by atoms with Crippen molar-refractivity contribution < 1.29 is 19.1 Å². The number of hydrogen-bond donors (Lipinski definition) is 1. The molecule has 0 radical (unpaired) electrons. The number of methoxy groups -OCH3 is 1. The first-order valence-electron chi connectivity index (χ1n) is 9.54. The summed E-state index contributed by atoms with van der Waals surface area (Å²) >= 11 is 0. The Morgan fingerprint density at radius 2 is 1.86 bits per heavy atom. The number of carbonyl (C=O) groups excluding carboxylic acids is 2. The van der Waals surface area contributed by atoms with Crippen LogP contribution in [-0.2, 0) is 16.0 Å². The number of anilines is 1. The van der Waals surface area contributed by atoms with Gasteiger partial charge in [0.15, 0.2) is 0 Å². The zero-order valence-electron chi connectivity index (χ0n) is 16.3. The summed E-state index contributed by atoms with van der Waals surface area (Å²) in [5.74, 6) is 0.944. The van der Waals surface area contributed by atoms with Gasteiger partial charge in [0, 0.05) is 19.5 Å². The fourth-order valence-electron chi connectivity index (χ4n) is 3.41. The van der Waals surface area contributed by atoms with Crippen molar-refractivity contribution in [2.45, 2.75) is 19.8 Å². The van der Waals surface area contributed by atoms with E-state index in [0.717, 1.165) is 11.3 Å². The van der Waals surface area contributed by atoms with Gasteiger partial charge < -0.3 is 19.7 Å². The van der Waals surface area contributed by atoms with E-state index >= 15 is 0 Å². The van der Waals surface area contributed by atoms with Gasteiger partial charge in [-0.1, -0.05) is 30.3 Å². The molecular formula is C22H26N2O4. The van der Waals surface area contributed by atoms with E-state index < -0.39 is 0 Å². The average molecular weight is 382 g/mol. The van der Waals surface area contributed by atoms with Gasteiger partial charge in [0.05, 0.1) is 25.3 Å². The van der Waals surface area contributed by atoms with Gasteiger partial charge in [-0.05, 0) is 37.1 Å². The van der Waals surface area contributed by atoms with E-state index in [-0.39, 0.29) is 24.2 Å². The van der Waals surface area contributed by atoms with Crippen LogP contribution in [0.5, 0.6) is 11.5 Å². The largest absolute Gasteiger partial charge is 0.496 e. The van der Waals surface area contributed by atoms with E-state index in [1.165, 1.54) is 0 Å². The monoisotopic (exact) mass is 382 g/mol. The third-order valence-corrected chi connectivity index (χ3v) is 4.87. The van der Waals surface area contributed by atoms with Crippen LogP contribution in [0.1, 0.15) is 18.9 Å². The van der Waals surface area contributed by atoms with Crippen LogP contribution in [0.2, 0.25) is 0 Å². The highest BCUT2D eigenvalue weighted by Crippen LogP contribution is 2.27. The first kappa shape index (κ1) is 19.7. The predicted octanol–water partition coefficient (Wildman–Crippen LogP) is 3.12. The fraction of sp³-hybridized carbons (Fsp3) is 0.364. The summed E-state index contributed by atoms with van der Waals surface area (Å²) in [6.07, 6.45) is 0.922. The number of para-hydroxylation sites is 3. The summed E-state index contributed by atoms with van der Waals surface area (Å²) in [7, 11) is 1.64. The number of likely N-dealkylation sites (tertiary alicyclic amines) is 1. The van der Waals surface area contributed by atoms with Gasteiger partial charge in [0.25, 0.3) is 0 Å². The third kappa shape index (κ3) is 4.63. The van der Waals surface area contributed by atoms with Crippen molar-refractivity contribution >= 4 is 17.5 Å². The number of nitrogens with one attached hydrogen (secondary N) is 1. The SMILES string of the molecule is CCOc1ccccc1NC(=O)C1CC(=O)N(CCc2ccccc2OC)C1. The summed E-state index contributed by atoms with van der Waals surface area (Å²) in [4.78, 5) is 26.8. The van der Waals surface area contributed by atoms with E-state index in [2.05, 4.69) is 5.32 Å². The van der Waals surface area contributed by atoms with Crippen LogP contribution in [0.25, 0.3) is 0 Å². The van der Waals surface area contributed by atoms with Crippen LogP contribution < -0.4 is 14.8 Å². The van der Waals surface area contributed by atoms with Crippen LogP contribution >= 0.6 is 0 Å². The van der Waals surface area contributed by atoms with Gasteiger partial charge >= 0.3 is 0 Å². The van der Waals surface area contributed by atoms with Crippen LogP contribution in [-0.4, -0.2) is 43.5 Å². The van der Waals surface area contributed by atoms with E-state index in [1.807, 2.05) is 49.4 Å². The molecule has 1 heterocycles. The second-order valence-corrected chi connectivity index (χ2v) is 6.72. The lowest BCUT2D eigenvalue weighted by molar-refractivity contribution is -0.128. The molecule has 1 atom stereocenters. The first-order chi connectivity index (χ1) is 13.6. The van der Waals surface area contributed by atoms with Gasteiger partial charge in [-0.15, -0.1) is 0 Å². The standard InChI is InChI=1S/C22H26N2O4/c1-3-28-20-11-7-5-9-18(20)23-22(26)17-14-21(25)24(15-17)13-12-16-8-4-6-10-19(16)27-2/h4-11,17H,3,12-15H2,1-2H3,(H,23,26). The summed E-state index contributed by atoms with van der Waals surface area (Å²) in [6.45, 7) is 3.41. The molecule has 1 N–H and O–H groups in total. The van der Waals surface area contributed by atoms with E-state index in [0.29, 0.717) is 37.6 Å². The van der Waals surface area contributed by atoms with Crippen molar-refractivity contribution in [1.29, 1.82) is 0 Å². The normalized spacial score (nSPS) is 16.1. The molecule has 1 unspecified atom stereocenters. The molecule has 1 fully saturated rings. The molecule has 3 rings (SSSR count). The van der Waals surface area contributed by atoms with E-state index in [9.17, 15) is 9.59 Å². The number of hydrogen-bond acceptors (Lipinski definition) is 4. The first-order valence-corrected chi connectivity index (χ1v) is 9.54. The highest BCUT2D eigenvalue weighted by molar-refractivity contribution is 5.98. The molecule has 1 saturated heterocycles. The van der Waals surface area contributed by atoms with Crippen molar-refractivity contribution in [2.24, 2.45) is 5.92 Å². The number of rotatable bonds is 8. The minimum absolute atomic E-state index is 0.00754. The molecule has 2 aromatic rings. The van der Waals surface area contributed by atoms with Gasteiger partial charge in [-0.2, -0.15) is 0 Å². The fourth-order valence-corrected chi connectivity index (χ4v) is 3.41. The Morgan fingerprint density at radius 1 is 1.14 bits per heavy atom. The van der Waals surface area contributed by atoms with E-state index in [4.69, 9.17) is 9.47 Å². The molecule has 6 heteroatoms.